The summed E-state index contributed by atoms with van der Waals surface area (Å²) in [6.07, 6.45) is 2.12. The first-order chi connectivity index (χ1) is 7.40. The van der Waals surface area contributed by atoms with Crippen molar-refractivity contribution in [2.24, 2.45) is 0 Å². The summed E-state index contributed by atoms with van der Waals surface area (Å²) in [6, 6.07) is 8.19. The summed E-state index contributed by atoms with van der Waals surface area (Å²) in [5.41, 5.74) is 2.28. The van der Waals surface area contributed by atoms with E-state index in [0.717, 1.165) is 24.2 Å². The highest BCUT2D eigenvalue weighted by molar-refractivity contribution is 7.80. The van der Waals surface area contributed by atoms with Gasteiger partial charge in [-0.3, -0.25) is 0 Å². The molecule has 0 aliphatic heterocycles. The fourth-order valence-electron chi connectivity index (χ4n) is 1.43. The van der Waals surface area contributed by atoms with Crippen molar-refractivity contribution in [2.75, 3.05) is 5.75 Å². The van der Waals surface area contributed by atoms with Crippen molar-refractivity contribution in [1.29, 1.82) is 0 Å². The van der Waals surface area contributed by atoms with Gasteiger partial charge in [-0.1, -0.05) is 18.2 Å². The molecule has 15 heavy (non-hydrogen) atoms. The van der Waals surface area contributed by atoms with Crippen molar-refractivity contribution >= 4 is 12.6 Å². The Bertz CT molecular complexity index is 413. The lowest BCUT2D eigenvalue weighted by Crippen LogP contribution is -1.88. The number of hydrogen-bond donors (Lipinski definition) is 2. The van der Waals surface area contributed by atoms with E-state index in [-0.39, 0.29) is 0 Å². The molecule has 1 N–H and O–H groups in total. The Morgan fingerprint density at radius 1 is 1.33 bits per heavy atom. The number of benzene rings is 1. The molecular weight excluding hydrogens is 208 g/mol. The second-order valence-corrected chi connectivity index (χ2v) is 3.71. The number of nitrogens with zero attached hydrogens (tertiary/aromatic N) is 3. The first kappa shape index (κ1) is 10.2. The van der Waals surface area contributed by atoms with Crippen LogP contribution in [0.1, 0.15) is 12.0 Å². The third-order valence-electron chi connectivity index (χ3n) is 2.15. The van der Waals surface area contributed by atoms with Gasteiger partial charge in [0.25, 0.3) is 0 Å². The molecule has 1 heterocycles. The van der Waals surface area contributed by atoms with Gasteiger partial charge in [0, 0.05) is 5.56 Å². The Hall–Kier alpha value is -1.36. The lowest BCUT2D eigenvalue weighted by Gasteiger charge is -2.01. The van der Waals surface area contributed by atoms with Crippen LogP contribution in [0.25, 0.3) is 11.4 Å². The number of tetrazole rings is 1. The number of thiol groups is 1. The number of nitrogens with one attached hydrogen (secondary N) is 1. The Labute approximate surface area is 93.5 Å². The van der Waals surface area contributed by atoms with E-state index >= 15 is 0 Å². The minimum absolute atomic E-state index is 0.641. The van der Waals surface area contributed by atoms with Crippen LogP contribution in [-0.4, -0.2) is 26.4 Å². The highest BCUT2D eigenvalue weighted by Gasteiger charge is 2.02. The number of aryl methyl sites for hydroxylation is 1. The molecule has 1 aromatic carbocycles. The van der Waals surface area contributed by atoms with Gasteiger partial charge in [-0.05, 0) is 35.4 Å². The minimum atomic E-state index is 0.641. The standard InChI is InChI=1S/C10H12N4S/c15-6-2-4-8-3-1-5-9(7-8)10-11-13-14-12-10/h1,3,5,7,15H,2,4,6H2,(H,11,12,13,14). The molecule has 2 aromatic rings. The fourth-order valence-corrected chi connectivity index (χ4v) is 1.59. The fraction of sp³-hybridized carbons (Fsp3) is 0.300. The zero-order chi connectivity index (χ0) is 10.5. The van der Waals surface area contributed by atoms with Crippen LogP contribution in [0.3, 0.4) is 0 Å². The summed E-state index contributed by atoms with van der Waals surface area (Å²) in [6.45, 7) is 0. The van der Waals surface area contributed by atoms with Gasteiger partial charge in [-0.15, -0.1) is 10.2 Å². The zero-order valence-corrected chi connectivity index (χ0v) is 9.11. The van der Waals surface area contributed by atoms with Gasteiger partial charge in [-0.2, -0.15) is 17.8 Å². The van der Waals surface area contributed by atoms with Crippen molar-refractivity contribution in [3.05, 3.63) is 29.8 Å². The topological polar surface area (TPSA) is 54.5 Å². The van der Waals surface area contributed by atoms with E-state index in [4.69, 9.17) is 0 Å². The summed E-state index contributed by atoms with van der Waals surface area (Å²) < 4.78 is 0. The van der Waals surface area contributed by atoms with Crippen LogP contribution >= 0.6 is 12.6 Å². The minimum Gasteiger partial charge on any atom is -0.179 e. The van der Waals surface area contributed by atoms with Gasteiger partial charge in [0.2, 0.25) is 5.82 Å². The molecule has 0 unspecified atom stereocenters. The molecule has 0 saturated heterocycles. The molecule has 0 aliphatic carbocycles. The first-order valence-corrected chi connectivity index (χ1v) is 5.47. The van der Waals surface area contributed by atoms with Crippen LogP contribution in [-0.2, 0) is 6.42 Å². The molecule has 78 valence electrons. The highest BCUT2D eigenvalue weighted by Crippen LogP contribution is 2.15. The van der Waals surface area contributed by atoms with E-state index in [9.17, 15) is 0 Å². The molecule has 0 atom stereocenters. The molecule has 0 amide bonds. The maximum atomic E-state index is 4.20. The maximum Gasteiger partial charge on any atom is 0.204 e. The highest BCUT2D eigenvalue weighted by atomic mass is 32.1. The van der Waals surface area contributed by atoms with E-state index in [1.54, 1.807) is 0 Å². The van der Waals surface area contributed by atoms with Gasteiger partial charge in [0.15, 0.2) is 0 Å². The van der Waals surface area contributed by atoms with Crippen molar-refractivity contribution < 1.29 is 0 Å². The predicted molar refractivity (Wildman–Crippen MR) is 61.8 cm³/mol. The summed E-state index contributed by atoms with van der Waals surface area (Å²) in [7, 11) is 0. The molecular formula is C10H12N4S. The van der Waals surface area contributed by atoms with Crippen molar-refractivity contribution in [1.82, 2.24) is 20.6 Å². The summed E-state index contributed by atoms with van der Waals surface area (Å²) in [5, 5.41) is 13.9. The molecule has 0 saturated carbocycles. The SMILES string of the molecule is SCCCc1cccc(-c2nn[nH]n2)c1. The lowest BCUT2D eigenvalue weighted by molar-refractivity contribution is 0.881. The van der Waals surface area contributed by atoms with E-state index < -0.39 is 0 Å². The third-order valence-corrected chi connectivity index (χ3v) is 2.47. The van der Waals surface area contributed by atoms with Crippen LogP contribution in [0.15, 0.2) is 24.3 Å². The summed E-state index contributed by atoms with van der Waals surface area (Å²) in [5.74, 6) is 1.55. The van der Waals surface area contributed by atoms with E-state index in [1.807, 2.05) is 12.1 Å². The Morgan fingerprint density at radius 3 is 3.00 bits per heavy atom. The van der Waals surface area contributed by atoms with Crippen LogP contribution in [0.2, 0.25) is 0 Å². The van der Waals surface area contributed by atoms with Crippen LogP contribution in [0.4, 0.5) is 0 Å². The molecule has 4 nitrogen and oxygen atoms in total. The van der Waals surface area contributed by atoms with Crippen molar-refractivity contribution in [2.45, 2.75) is 12.8 Å². The molecule has 2 rings (SSSR count). The number of rotatable bonds is 4. The second-order valence-electron chi connectivity index (χ2n) is 3.26. The van der Waals surface area contributed by atoms with Crippen molar-refractivity contribution in [3.63, 3.8) is 0 Å². The molecule has 0 spiro atoms. The summed E-state index contributed by atoms with van der Waals surface area (Å²) in [4.78, 5) is 0. The lowest BCUT2D eigenvalue weighted by atomic mass is 10.1. The maximum absolute atomic E-state index is 4.20. The number of aromatic amines is 1. The summed E-state index contributed by atoms with van der Waals surface area (Å²) >= 11 is 4.20. The van der Waals surface area contributed by atoms with Crippen molar-refractivity contribution in [3.8, 4) is 11.4 Å². The monoisotopic (exact) mass is 220 g/mol. The largest absolute Gasteiger partial charge is 0.204 e. The van der Waals surface area contributed by atoms with Crippen LogP contribution in [0.5, 0.6) is 0 Å². The third kappa shape index (κ3) is 2.56. The van der Waals surface area contributed by atoms with Crippen LogP contribution in [0, 0.1) is 0 Å². The average Bonchev–Trinajstić information content (AvgIpc) is 2.80. The Balaban J connectivity index is 2.19. The second kappa shape index (κ2) is 4.93. The van der Waals surface area contributed by atoms with E-state index in [1.165, 1.54) is 5.56 Å². The average molecular weight is 220 g/mol. The number of H-pyrrole nitrogens is 1. The molecule has 0 aliphatic rings. The normalized spacial score (nSPS) is 10.5. The Morgan fingerprint density at radius 2 is 2.27 bits per heavy atom. The van der Waals surface area contributed by atoms with E-state index in [2.05, 4.69) is 45.4 Å². The first-order valence-electron chi connectivity index (χ1n) is 4.84. The predicted octanol–water partition coefficient (Wildman–Crippen LogP) is 1.73. The molecule has 1 aromatic heterocycles. The quantitative estimate of drug-likeness (QED) is 0.771. The van der Waals surface area contributed by atoms with Gasteiger partial charge in [0.1, 0.15) is 0 Å². The molecule has 0 bridgehead atoms. The molecule has 0 fully saturated rings. The number of hydrogen-bond acceptors (Lipinski definition) is 4. The van der Waals surface area contributed by atoms with Gasteiger partial charge in [-0.25, -0.2) is 0 Å². The smallest absolute Gasteiger partial charge is 0.179 e. The van der Waals surface area contributed by atoms with Gasteiger partial charge in [0.05, 0.1) is 0 Å². The van der Waals surface area contributed by atoms with E-state index in [0.29, 0.717) is 5.82 Å². The van der Waals surface area contributed by atoms with Gasteiger partial charge < -0.3 is 0 Å². The molecule has 5 heteroatoms. The van der Waals surface area contributed by atoms with Crippen LogP contribution < -0.4 is 0 Å². The Kier molecular flexibility index (Phi) is 3.34. The van der Waals surface area contributed by atoms with Gasteiger partial charge >= 0.3 is 0 Å². The number of aromatic nitrogens is 4. The molecule has 0 radical (unpaired) electrons. The zero-order valence-electron chi connectivity index (χ0n) is 8.22.